The van der Waals surface area contributed by atoms with Crippen molar-refractivity contribution >= 4 is 5.91 Å². The van der Waals surface area contributed by atoms with E-state index in [1.165, 1.54) is 26.0 Å². The summed E-state index contributed by atoms with van der Waals surface area (Å²) in [6.45, 7) is 6.24. The van der Waals surface area contributed by atoms with Gasteiger partial charge in [-0.05, 0) is 39.8 Å². The first kappa shape index (κ1) is 14.6. The van der Waals surface area contributed by atoms with Crippen LogP contribution in [0.3, 0.4) is 0 Å². The Kier molecular flexibility index (Phi) is 3.76. The molecule has 0 aromatic heterocycles. The van der Waals surface area contributed by atoms with Crippen molar-refractivity contribution in [1.82, 2.24) is 5.32 Å². The molecule has 100 valence electrons. The summed E-state index contributed by atoms with van der Waals surface area (Å²) in [6.07, 6.45) is 0. The first-order valence-electron chi connectivity index (χ1n) is 5.55. The summed E-state index contributed by atoms with van der Waals surface area (Å²) in [5.74, 6) is -3.04. The lowest BCUT2D eigenvalue weighted by Gasteiger charge is -2.38. The molecule has 1 aromatic rings. The average molecular weight is 257 g/mol. The number of rotatable bonds is 3. The van der Waals surface area contributed by atoms with E-state index in [0.717, 1.165) is 6.07 Å². The fraction of sp³-hybridized carbons (Fsp3) is 0.462. The van der Waals surface area contributed by atoms with E-state index in [-0.39, 0.29) is 5.56 Å². The summed E-state index contributed by atoms with van der Waals surface area (Å²) in [5, 5.41) is 12.4. The van der Waals surface area contributed by atoms with Gasteiger partial charge in [-0.15, -0.1) is 0 Å². The second-order valence-electron chi connectivity index (χ2n) is 5.24. The highest BCUT2D eigenvalue weighted by Gasteiger charge is 2.37. The van der Waals surface area contributed by atoms with E-state index < -0.39 is 28.7 Å². The van der Waals surface area contributed by atoms with Crippen molar-refractivity contribution in [2.24, 2.45) is 0 Å². The summed E-state index contributed by atoms with van der Waals surface area (Å²) in [4.78, 5) is 11.9. The van der Waals surface area contributed by atoms with Crippen LogP contribution in [-0.4, -0.2) is 22.2 Å². The molecule has 0 aliphatic carbocycles. The third kappa shape index (κ3) is 2.85. The molecule has 0 aliphatic rings. The van der Waals surface area contributed by atoms with Crippen LogP contribution in [0.4, 0.5) is 8.78 Å². The molecule has 18 heavy (non-hydrogen) atoms. The summed E-state index contributed by atoms with van der Waals surface area (Å²) in [7, 11) is 0. The van der Waals surface area contributed by atoms with Crippen LogP contribution < -0.4 is 5.32 Å². The number of benzene rings is 1. The standard InChI is InChI=1S/C13H17F2NO2/c1-12(2,13(3,4)18)16-11(17)8-6-5-7-9(14)10(8)15/h5-7,18H,1-4H3,(H,16,17). The van der Waals surface area contributed by atoms with Gasteiger partial charge in [0.2, 0.25) is 0 Å². The Morgan fingerprint density at radius 3 is 2.28 bits per heavy atom. The van der Waals surface area contributed by atoms with Gasteiger partial charge in [-0.1, -0.05) is 6.07 Å². The zero-order valence-corrected chi connectivity index (χ0v) is 10.8. The van der Waals surface area contributed by atoms with E-state index in [1.807, 2.05) is 0 Å². The van der Waals surface area contributed by atoms with E-state index >= 15 is 0 Å². The molecule has 0 bridgehead atoms. The zero-order valence-electron chi connectivity index (χ0n) is 10.8. The Morgan fingerprint density at radius 2 is 1.78 bits per heavy atom. The van der Waals surface area contributed by atoms with Gasteiger partial charge < -0.3 is 10.4 Å². The van der Waals surface area contributed by atoms with Crippen LogP contribution in [0.15, 0.2) is 18.2 Å². The van der Waals surface area contributed by atoms with Gasteiger partial charge in [-0.25, -0.2) is 8.78 Å². The number of carbonyl (C=O) groups is 1. The molecule has 0 spiro atoms. The Balaban J connectivity index is 3.00. The highest BCUT2D eigenvalue weighted by Crippen LogP contribution is 2.21. The van der Waals surface area contributed by atoms with Crippen LogP contribution in [0.5, 0.6) is 0 Å². The summed E-state index contributed by atoms with van der Waals surface area (Å²) in [6, 6.07) is 3.38. The van der Waals surface area contributed by atoms with Gasteiger partial charge in [-0.3, -0.25) is 4.79 Å². The number of hydrogen-bond acceptors (Lipinski definition) is 2. The van der Waals surface area contributed by atoms with Gasteiger partial charge in [0.05, 0.1) is 16.7 Å². The molecular formula is C13H17F2NO2. The van der Waals surface area contributed by atoms with Gasteiger partial charge in [0.15, 0.2) is 11.6 Å². The largest absolute Gasteiger partial charge is 0.388 e. The van der Waals surface area contributed by atoms with E-state index in [9.17, 15) is 18.7 Å². The Labute approximate surface area is 105 Å². The van der Waals surface area contributed by atoms with Crippen molar-refractivity contribution in [3.63, 3.8) is 0 Å². The molecule has 0 saturated heterocycles. The van der Waals surface area contributed by atoms with E-state index in [0.29, 0.717) is 0 Å². The third-order valence-corrected chi connectivity index (χ3v) is 3.15. The van der Waals surface area contributed by atoms with Gasteiger partial charge in [0.1, 0.15) is 0 Å². The lowest BCUT2D eigenvalue weighted by Crippen LogP contribution is -2.57. The molecule has 0 aliphatic heterocycles. The molecule has 0 atom stereocenters. The SMILES string of the molecule is CC(C)(O)C(C)(C)NC(=O)c1cccc(F)c1F. The topological polar surface area (TPSA) is 49.3 Å². The molecule has 0 saturated carbocycles. The summed E-state index contributed by atoms with van der Waals surface area (Å²) >= 11 is 0. The van der Waals surface area contributed by atoms with Crippen molar-refractivity contribution < 1.29 is 18.7 Å². The Morgan fingerprint density at radius 1 is 1.22 bits per heavy atom. The number of amides is 1. The second kappa shape index (κ2) is 4.65. The van der Waals surface area contributed by atoms with Crippen LogP contribution in [0.25, 0.3) is 0 Å². The van der Waals surface area contributed by atoms with Crippen molar-refractivity contribution in [2.75, 3.05) is 0 Å². The van der Waals surface area contributed by atoms with Crippen LogP contribution in [-0.2, 0) is 0 Å². The molecule has 1 rings (SSSR count). The molecule has 0 unspecified atom stereocenters. The first-order valence-corrected chi connectivity index (χ1v) is 5.55. The smallest absolute Gasteiger partial charge is 0.254 e. The van der Waals surface area contributed by atoms with Crippen LogP contribution in [0.2, 0.25) is 0 Å². The maximum atomic E-state index is 13.4. The van der Waals surface area contributed by atoms with Gasteiger partial charge in [0.25, 0.3) is 5.91 Å². The second-order valence-corrected chi connectivity index (χ2v) is 5.24. The predicted octanol–water partition coefficient (Wildman–Crippen LogP) is 2.24. The van der Waals surface area contributed by atoms with E-state index in [1.54, 1.807) is 13.8 Å². The lowest BCUT2D eigenvalue weighted by atomic mass is 9.85. The highest BCUT2D eigenvalue weighted by molar-refractivity contribution is 5.95. The zero-order chi connectivity index (χ0) is 14.1. The maximum absolute atomic E-state index is 13.4. The fourth-order valence-corrected chi connectivity index (χ4v) is 1.18. The van der Waals surface area contributed by atoms with Crippen molar-refractivity contribution in [3.8, 4) is 0 Å². The van der Waals surface area contributed by atoms with Crippen LogP contribution >= 0.6 is 0 Å². The molecule has 2 N–H and O–H groups in total. The van der Waals surface area contributed by atoms with Crippen LogP contribution in [0, 0.1) is 11.6 Å². The number of aliphatic hydroxyl groups is 1. The Hall–Kier alpha value is -1.49. The Bertz CT molecular complexity index is 465. The molecule has 0 radical (unpaired) electrons. The number of hydrogen-bond donors (Lipinski definition) is 2. The number of halogens is 2. The van der Waals surface area contributed by atoms with Crippen molar-refractivity contribution in [2.45, 2.75) is 38.8 Å². The minimum absolute atomic E-state index is 0.382. The summed E-state index contributed by atoms with van der Waals surface area (Å²) < 4.78 is 26.4. The molecule has 1 amide bonds. The minimum atomic E-state index is -1.20. The number of nitrogens with one attached hydrogen (secondary N) is 1. The van der Waals surface area contributed by atoms with Crippen molar-refractivity contribution in [3.05, 3.63) is 35.4 Å². The molecule has 0 fully saturated rings. The highest BCUT2D eigenvalue weighted by atomic mass is 19.2. The first-order chi connectivity index (χ1) is 8.06. The molecule has 5 heteroatoms. The monoisotopic (exact) mass is 257 g/mol. The number of carbonyl (C=O) groups excluding carboxylic acids is 1. The predicted molar refractivity (Wildman–Crippen MR) is 64.2 cm³/mol. The average Bonchev–Trinajstić information content (AvgIpc) is 2.19. The van der Waals surface area contributed by atoms with E-state index in [2.05, 4.69) is 5.32 Å². The quantitative estimate of drug-likeness (QED) is 0.872. The van der Waals surface area contributed by atoms with Gasteiger partial charge in [-0.2, -0.15) is 0 Å². The van der Waals surface area contributed by atoms with E-state index in [4.69, 9.17) is 0 Å². The molecule has 0 heterocycles. The van der Waals surface area contributed by atoms with Gasteiger partial charge in [0, 0.05) is 0 Å². The normalized spacial score (nSPS) is 12.4. The molecular weight excluding hydrogens is 240 g/mol. The fourth-order valence-electron chi connectivity index (χ4n) is 1.18. The summed E-state index contributed by atoms with van der Waals surface area (Å²) in [5.41, 5.74) is -2.57. The van der Waals surface area contributed by atoms with Crippen LogP contribution in [0.1, 0.15) is 38.1 Å². The molecule has 1 aromatic carbocycles. The maximum Gasteiger partial charge on any atom is 0.254 e. The lowest BCUT2D eigenvalue weighted by molar-refractivity contribution is -0.00301. The molecule has 3 nitrogen and oxygen atoms in total. The third-order valence-electron chi connectivity index (χ3n) is 3.15. The van der Waals surface area contributed by atoms with Gasteiger partial charge >= 0.3 is 0 Å². The minimum Gasteiger partial charge on any atom is -0.388 e. The van der Waals surface area contributed by atoms with Crippen molar-refractivity contribution in [1.29, 1.82) is 0 Å².